The van der Waals surface area contributed by atoms with Crippen LogP contribution in [0.3, 0.4) is 0 Å². The van der Waals surface area contributed by atoms with Crippen molar-refractivity contribution >= 4 is 25.8 Å². The molecule has 15 heavy (non-hydrogen) atoms. The van der Waals surface area contributed by atoms with Gasteiger partial charge in [0.05, 0.1) is 17.6 Å². The normalized spacial score (nSPS) is 13.8. The summed E-state index contributed by atoms with van der Waals surface area (Å²) in [6.07, 6.45) is 2.06. The summed E-state index contributed by atoms with van der Waals surface area (Å²) in [5.74, 6) is -0.0358. The summed E-state index contributed by atoms with van der Waals surface area (Å²) in [5.41, 5.74) is 0.488. The number of sulfone groups is 1. The zero-order valence-corrected chi connectivity index (χ0v) is 10.6. The Morgan fingerprint density at radius 1 is 1.53 bits per heavy atom. The molecule has 0 aliphatic heterocycles. The van der Waals surface area contributed by atoms with Crippen LogP contribution in [0.25, 0.3) is 0 Å². The van der Waals surface area contributed by atoms with Crippen LogP contribution in [-0.4, -0.2) is 30.5 Å². The van der Waals surface area contributed by atoms with Gasteiger partial charge in [-0.25, -0.2) is 8.42 Å². The van der Waals surface area contributed by atoms with E-state index < -0.39 is 15.9 Å². The van der Waals surface area contributed by atoms with Crippen LogP contribution in [-0.2, 0) is 9.84 Å². The minimum absolute atomic E-state index is 0.0358. The predicted molar refractivity (Wildman–Crippen MR) is 61.2 cm³/mol. The fourth-order valence-corrected chi connectivity index (χ4v) is 1.94. The third kappa shape index (κ3) is 4.72. The van der Waals surface area contributed by atoms with E-state index in [4.69, 9.17) is 0 Å². The molecule has 84 valence electrons. The fourth-order valence-electron chi connectivity index (χ4n) is 1.06. The first-order valence-corrected chi connectivity index (χ1v) is 7.21. The van der Waals surface area contributed by atoms with Gasteiger partial charge in [-0.3, -0.25) is 4.98 Å². The molecule has 1 aromatic rings. The molecule has 0 radical (unpaired) electrons. The molecule has 0 amide bonds. The largest absolute Gasteiger partial charge is 0.387 e. The molecule has 0 saturated carbocycles. The van der Waals surface area contributed by atoms with Crippen molar-refractivity contribution in [3.63, 3.8) is 0 Å². The van der Waals surface area contributed by atoms with E-state index in [1.165, 1.54) is 0 Å². The Kier molecular flexibility index (Phi) is 4.24. The zero-order chi connectivity index (χ0) is 11.5. The Hall–Kier alpha value is -0.460. The van der Waals surface area contributed by atoms with Crippen molar-refractivity contribution < 1.29 is 13.5 Å². The molecule has 1 heterocycles. The van der Waals surface area contributed by atoms with Gasteiger partial charge in [-0.15, -0.1) is 0 Å². The van der Waals surface area contributed by atoms with Crippen molar-refractivity contribution in [1.29, 1.82) is 0 Å². The number of rotatable bonds is 4. The third-order valence-corrected chi connectivity index (χ3v) is 3.30. The molecule has 0 aliphatic carbocycles. The number of aliphatic hydroxyl groups is 1. The molecule has 0 fully saturated rings. The average molecular weight is 294 g/mol. The van der Waals surface area contributed by atoms with E-state index >= 15 is 0 Å². The molecule has 1 unspecified atom stereocenters. The van der Waals surface area contributed by atoms with Gasteiger partial charge in [0.25, 0.3) is 0 Å². The molecule has 1 atom stereocenters. The highest BCUT2D eigenvalue weighted by Gasteiger charge is 2.12. The number of hydrogen-bond acceptors (Lipinski definition) is 4. The van der Waals surface area contributed by atoms with E-state index in [-0.39, 0.29) is 12.2 Å². The smallest absolute Gasteiger partial charge is 0.147 e. The maximum absolute atomic E-state index is 10.9. The first-order chi connectivity index (χ1) is 6.88. The lowest BCUT2D eigenvalue weighted by atomic mass is 10.2. The van der Waals surface area contributed by atoms with Crippen LogP contribution in [0.1, 0.15) is 18.2 Å². The Morgan fingerprint density at radius 3 is 2.67 bits per heavy atom. The number of nitrogens with zero attached hydrogens (tertiary/aromatic N) is 1. The summed E-state index contributed by atoms with van der Waals surface area (Å²) in [5, 5.41) is 9.63. The molecule has 1 aromatic heterocycles. The summed E-state index contributed by atoms with van der Waals surface area (Å²) in [6.45, 7) is 0. The van der Waals surface area contributed by atoms with Gasteiger partial charge in [-0.2, -0.15) is 0 Å². The van der Waals surface area contributed by atoms with Gasteiger partial charge in [-0.1, -0.05) is 0 Å². The van der Waals surface area contributed by atoms with Crippen LogP contribution in [0.15, 0.2) is 22.8 Å². The number of aliphatic hydroxyl groups excluding tert-OH is 1. The van der Waals surface area contributed by atoms with Crippen molar-refractivity contribution in [2.45, 2.75) is 12.5 Å². The molecule has 6 heteroatoms. The van der Waals surface area contributed by atoms with Crippen molar-refractivity contribution in [3.8, 4) is 0 Å². The Morgan fingerprint density at radius 2 is 2.20 bits per heavy atom. The van der Waals surface area contributed by atoms with Crippen molar-refractivity contribution in [3.05, 3.63) is 28.5 Å². The summed E-state index contributed by atoms with van der Waals surface area (Å²) < 4.78 is 22.6. The van der Waals surface area contributed by atoms with Crippen molar-refractivity contribution in [2.75, 3.05) is 12.0 Å². The highest BCUT2D eigenvalue weighted by molar-refractivity contribution is 9.10. The van der Waals surface area contributed by atoms with Gasteiger partial charge in [0.1, 0.15) is 9.84 Å². The summed E-state index contributed by atoms with van der Waals surface area (Å²) in [7, 11) is -3.03. The van der Waals surface area contributed by atoms with Gasteiger partial charge in [-0.05, 0) is 34.5 Å². The number of halogens is 1. The van der Waals surface area contributed by atoms with E-state index in [9.17, 15) is 13.5 Å². The maximum atomic E-state index is 10.9. The molecular weight excluding hydrogens is 282 g/mol. The summed E-state index contributed by atoms with van der Waals surface area (Å²) in [4.78, 5) is 3.99. The second-order valence-electron chi connectivity index (χ2n) is 3.34. The lowest BCUT2D eigenvalue weighted by Gasteiger charge is -2.08. The van der Waals surface area contributed by atoms with E-state index in [1.54, 1.807) is 18.3 Å². The SMILES string of the molecule is CS(=O)(=O)CCC(O)c1ccc(Br)cn1. The van der Waals surface area contributed by atoms with Gasteiger partial charge in [0.15, 0.2) is 0 Å². The van der Waals surface area contributed by atoms with Crippen LogP contribution in [0.2, 0.25) is 0 Å². The van der Waals surface area contributed by atoms with E-state index in [0.29, 0.717) is 5.69 Å². The third-order valence-electron chi connectivity index (χ3n) is 1.85. The topological polar surface area (TPSA) is 67.3 Å². The number of aromatic nitrogens is 1. The fraction of sp³-hybridized carbons (Fsp3) is 0.444. The Bertz CT molecular complexity index is 415. The predicted octanol–water partition coefficient (Wildman–Crippen LogP) is 1.31. The van der Waals surface area contributed by atoms with Crippen molar-refractivity contribution in [1.82, 2.24) is 4.98 Å². The van der Waals surface area contributed by atoms with Gasteiger partial charge in [0.2, 0.25) is 0 Å². The highest BCUT2D eigenvalue weighted by atomic mass is 79.9. The minimum Gasteiger partial charge on any atom is -0.387 e. The molecule has 0 bridgehead atoms. The standard InChI is InChI=1S/C9H12BrNO3S/c1-15(13,14)5-4-9(12)8-3-2-7(10)6-11-8/h2-3,6,9,12H,4-5H2,1H3. The molecule has 0 aromatic carbocycles. The Labute approximate surface area is 97.4 Å². The summed E-state index contributed by atoms with van der Waals surface area (Å²) in [6, 6.07) is 3.42. The van der Waals surface area contributed by atoms with Crippen LogP contribution in [0, 0.1) is 0 Å². The van der Waals surface area contributed by atoms with Crippen LogP contribution >= 0.6 is 15.9 Å². The first kappa shape index (κ1) is 12.6. The zero-order valence-electron chi connectivity index (χ0n) is 8.22. The molecule has 1 rings (SSSR count). The Balaban J connectivity index is 2.61. The van der Waals surface area contributed by atoms with E-state index in [1.807, 2.05) is 0 Å². The van der Waals surface area contributed by atoms with Gasteiger partial charge >= 0.3 is 0 Å². The van der Waals surface area contributed by atoms with Gasteiger partial charge in [0, 0.05) is 16.9 Å². The molecule has 0 aliphatic rings. The lowest BCUT2D eigenvalue weighted by Crippen LogP contribution is -2.09. The molecule has 0 saturated heterocycles. The van der Waals surface area contributed by atoms with Crippen LogP contribution in [0.5, 0.6) is 0 Å². The molecular formula is C9H12BrNO3S. The summed E-state index contributed by atoms with van der Waals surface area (Å²) >= 11 is 3.23. The van der Waals surface area contributed by atoms with E-state index in [0.717, 1.165) is 10.7 Å². The molecule has 4 nitrogen and oxygen atoms in total. The maximum Gasteiger partial charge on any atom is 0.147 e. The second-order valence-corrected chi connectivity index (χ2v) is 6.51. The highest BCUT2D eigenvalue weighted by Crippen LogP contribution is 2.16. The van der Waals surface area contributed by atoms with E-state index in [2.05, 4.69) is 20.9 Å². The quantitative estimate of drug-likeness (QED) is 0.909. The number of hydrogen-bond donors (Lipinski definition) is 1. The minimum atomic E-state index is -3.03. The molecule has 1 N–H and O–H groups in total. The van der Waals surface area contributed by atoms with Crippen molar-refractivity contribution in [2.24, 2.45) is 0 Å². The van der Waals surface area contributed by atoms with Gasteiger partial charge < -0.3 is 5.11 Å². The lowest BCUT2D eigenvalue weighted by molar-refractivity contribution is 0.169. The second kappa shape index (κ2) is 5.05. The van der Waals surface area contributed by atoms with Crippen LogP contribution < -0.4 is 0 Å². The number of pyridine rings is 1. The van der Waals surface area contributed by atoms with Crippen LogP contribution in [0.4, 0.5) is 0 Å². The molecule has 0 spiro atoms. The monoisotopic (exact) mass is 293 g/mol. The average Bonchev–Trinajstić information content (AvgIpc) is 2.14. The first-order valence-electron chi connectivity index (χ1n) is 4.36.